The topological polar surface area (TPSA) is 155 Å². The zero-order valence-electron chi connectivity index (χ0n) is 32.2. The van der Waals surface area contributed by atoms with Gasteiger partial charge in [-0.25, -0.2) is 27.8 Å². The maximum atomic E-state index is 15.3. The van der Waals surface area contributed by atoms with Crippen molar-refractivity contribution in [1.82, 2.24) is 39.2 Å². The van der Waals surface area contributed by atoms with Crippen molar-refractivity contribution in [3.63, 3.8) is 0 Å². The Morgan fingerprint density at radius 2 is 1.83 bits per heavy atom. The number of rotatable bonds is 6. The van der Waals surface area contributed by atoms with Crippen LogP contribution in [-0.2, 0) is 20.8 Å². The molecule has 58 heavy (non-hydrogen) atoms. The number of aryl methyl sites for hydroxylation is 1. The molecule has 15 nitrogen and oxygen atoms in total. The minimum atomic E-state index is -0.841. The van der Waals surface area contributed by atoms with Gasteiger partial charge < -0.3 is 34.1 Å². The zero-order valence-corrected chi connectivity index (χ0v) is 32.2. The van der Waals surface area contributed by atoms with Crippen molar-refractivity contribution < 1.29 is 27.4 Å². The minimum Gasteiger partial charge on any atom is -0.383 e. The zero-order chi connectivity index (χ0) is 40.5. The Kier molecular flexibility index (Phi) is 9.16. The minimum absolute atomic E-state index is 0.0282. The van der Waals surface area contributed by atoms with Crippen LogP contribution < -0.4 is 15.1 Å². The number of nitriles is 1. The standard InChI is InChI=1S/C40H39F3N12O3/c1-22-46-31-12-24(42)10-27-30-6-5-7-34(48-30)47-25-13-33(38(56)51(2)16-26(58-4)17-53(22)35(27)31)54(15-25)36-28-14-45-55(32-9-8-23(41)11-29(32)43)37(28)50-39(49-36)52-19-40(18-44,20-52)21-57-3/h5-12,14,25-26,33H,13,15-17,19-21H2,1-4H3,(H,47,48)/t25-,26-,33-/m0/s1. The number of benzene rings is 2. The summed E-state index contributed by atoms with van der Waals surface area (Å²) in [5.74, 6) is -0.428. The number of nitrogens with one attached hydrogen (secondary N) is 1. The van der Waals surface area contributed by atoms with Gasteiger partial charge in [0.1, 0.15) is 46.2 Å². The van der Waals surface area contributed by atoms with Gasteiger partial charge >= 0.3 is 0 Å². The third kappa shape index (κ3) is 6.30. The number of ether oxygens (including phenoxy) is 2. The van der Waals surface area contributed by atoms with Gasteiger partial charge in [0.2, 0.25) is 11.9 Å². The molecule has 18 heteroatoms. The van der Waals surface area contributed by atoms with Crippen molar-refractivity contribution in [3.05, 3.63) is 78.0 Å². The Morgan fingerprint density at radius 1 is 1.00 bits per heavy atom. The van der Waals surface area contributed by atoms with Gasteiger partial charge in [-0.05, 0) is 43.7 Å². The average Bonchev–Trinajstić information content (AvgIpc) is 3.89. The number of anilines is 3. The van der Waals surface area contributed by atoms with Gasteiger partial charge in [0, 0.05) is 71.2 Å². The van der Waals surface area contributed by atoms with E-state index in [1.165, 1.54) is 36.2 Å². The van der Waals surface area contributed by atoms with E-state index < -0.39 is 35.0 Å². The maximum Gasteiger partial charge on any atom is 0.245 e. The molecule has 298 valence electrons. The number of aromatic nitrogens is 7. The van der Waals surface area contributed by atoms with E-state index in [0.29, 0.717) is 58.1 Å². The molecule has 0 radical (unpaired) electrons. The molecule has 1 amide bonds. The van der Waals surface area contributed by atoms with Crippen LogP contribution in [0, 0.1) is 41.1 Å². The lowest BCUT2D eigenvalue weighted by Crippen LogP contribution is -2.58. The predicted molar refractivity (Wildman–Crippen MR) is 208 cm³/mol. The number of halogens is 3. The molecule has 2 saturated heterocycles. The Hall–Kier alpha value is -6.32. The van der Waals surface area contributed by atoms with Crippen molar-refractivity contribution >= 4 is 45.6 Å². The molecule has 4 bridgehead atoms. The van der Waals surface area contributed by atoms with Gasteiger partial charge in [0.05, 0.1) is 53.6 Å². The summed E-state index contributed by atoms with van der Waals surface area (Å²) in [6.45, 7) is 3.42. The molecular weight excluding hydrogens is 754 g/mol. The van der Waals surface area contributed by atoms with Crippen molar-refractivity contribution in [2.24, 2.45) is 5.41 Å². The summed E-state index contributed by atoms with van der Waals surface area (Å²) >= 11 is 0. The highest BCUT2D eigenvalue weighted by molar-refractivity contribution is 5.94. The number of hydrogen-bond donors (Lipinski definition) is 1. The first-order chi connectivity index (χ1) is 28.0. The van der Waals surface area contributed by atoms with Crippen molar-refractivity contribution in [3.8, 4) is 23.0 Å². The molecule has 4 aromatic heterocycles. The van der Waals surface area contributed by atoms with Crippen LogP contribution >= 0.6 is 0 Å². The van der Waals surface area contributed by atoms with E-state index in [2.05, 4.69) is 21.5 Å². The lowest BCUT2D eigenvalue weighted by Gasteiger charge is -2.45. The smallest absolute Gasteiger partial charge is 0.245 e. The van der Waals surface area contributed by atoms with Crippen LogP contribution in [0.15, 0.2) is 54.7 Å². The van der Waals surface area contributed by atoms with E-state index in [1.54, 1.807) is 19.1 Å². The first kappa shape index (κ1) is 37.3. The fourth-order valence-electron chi connectivity index (χ4n) is 8.48. The summed E-state index contributed by atoms with van der Waals surface area (Å²) in [4.78, 5) is 39.6. The summed E-state index contributed by atoms with van der Waals surface area (Å²) in [6, 6.07) is 12.8. The molecule has 6 aromatic rings. The second-order valence-electron chi connectivity index (χ2n) is 15.2. The van der Waals surface area contributed by atoms with E-state index in [9.17, 15) is 14.4 Å². The number of likely N-dealkylation sites (N-methyl/N-ethyl adjacent to an activating group) is 1. The van der Waals surface area contributed by atoms with Gasteiger partial charge in [-0.2, -0.15) is 20.3 Å². The summed E-state index contributed by atoms with van der Waals surface area (Å²) in [7, 11) is 4.85. The van der Waals surface area contributed by atoms with Crippen LogP contribution in [0.1, 0.15) is 12.2 Å². The molecular formula is C40H39F3N12O3. The van der Waals surface area contributed by atoms with Gasteiger partial charge in [0.25, 0.3) is 0 Å². The first-order valence-electron chi connectivity index (χ1n) is 18.8. The highest BCUT2D eigenvalue weighted by Crippen LogP contribution is 2.39. The first-order valence-corrected chi connectivity index (χ1v) is 18.8. The molecule has 0 aliphatic carbocycles. The van der Waals surface area contributed by atoms with Crippen molar-refractivity contribution in [2.45, 2.75) is 38.1 Å². The van der Waals surface area contributed by atoms with E-state index in [1.807, 2.05) is 39.5 Å². The molecule has 7 heterocycles. The largest absolute Gasteiger partial charge is 0.383 e. The fraction of sp³-hybridized carbons (Fsp3) is 0.375. The number of pyridine rings is 1. The van der Waals surface area contributed by atoms with E-state index in [0.717, 1.165) is 12.1 Å². The molecule has 9 rings (SSSR count). The monoisotopic (exact) mass is 792 g/mol. The summed E-state index contributed by atoms with van der Waals surface area (Å²) in [5, 5.41) is 18.4. The highest BCUT2D eigenvalue weighted by atomic mass is 19.1. The second-order valence-corrected chi connectivity index (χ2v) is 15.2. The van der Waals surface area contributed by atoms with Gasteiger partial charge in [-0.15, -0.1) is 0 Å². The van der Waals surface area contributed by atoms with Gasteiger partial charge in [-0.3, -0.25) is 4.79 Å². The van der Waals surface area contributed by atoms with Crippen LogP contribution in [-0.4, -0.2) is 117 Å². The molecule has 3 aliphatic heterocycles. The quantitative estimate of drug-likeness (QED) is 0.253. The number of amides is 1. The maximum absolute atomic E-state index is 15.3. The molecule has 2 aromatic carbocycles. The van der Waals surface area contributed by atoms with E-state index in [-0.39, 0.29) is 62.0 Å². The van der Waals surface area contributed by atoms with Crippen molar-refractivity contribution in [1.29, 1.82) is 5.26 Å². The number of nitrogens with zero attached hydrogens (tertiary/aromatic N) is 11. The number of methoxy groups -OCH3 is 2. The van der Waals surface area contributed by atoms with Crippen LogP contribution in [0.25, 0.3) is 39.0 Å². The lowest BCUT2D eigenvalue weighted by molar-refractivity contribution is -0.132. The van der Waals surface area contributed by atoms with Gasteiger partial charge in [0.15, 0.2) is 11.5 Å². The third-order valence-corrected chi connectivity index (χ3v) is 11.3. The fourth-order valence-corrected chi connectivity index (χ4v) is 8.48. The molecule has 2 fully saturated rings. The highest BCUT2D eigenvalue weighted by Gasteiger charge is 2.46. The molecule has 3 aliphatic rings. The Labute approximate surface area is 330 Å². The van der Waals surface area contributed by atoms with Crippen LogP contribution in [0.3, 0.4) is 0 Å². The summed E-state index contributed by atoms with van der Waals surface area (Å²) in [5.41, 5.74) is 1.73. The normalized spacial score (nSPS) is 20.5. The molecule has 0 saturated carbocycles. The van der Waals surface area contributed by atoms with E-state index >= 15 is 8.78 Å². The molecule has 0 spiro atoms. The van der Waals surface area contributed by atoms with Crippen LogP contribution in [0.2, 0.25) is 0 Å². The number of imidazole rings is 1. The lowest BCUT2D eigenvalue weighted by atomic mass is 9.82. The van der Waals surface area contributed by atoms with Crippen molar-refractivity contribution in [2.75, 3.05) is 69.2 Å². The summed E-state index contributed by atoms with van der Waals surface area (Å²) < 4.78 is 59.0. The number of carbonyl (C=O) groups excluding carboxylic acids is 1. The number of carbonyl (C=O) groups is 1. The second kappa shape index (κ2) is 14.3. The summed E-state index contributed by atoms with van der Waals surface area (Å²) in [6.07, 6.45) is 1.37. The average molecular weight is 793 g/mol. The number of fused-ring (bicyclic) bond motifs is 6. The molecule has 3 atom stereocenters. The van der Waals surface area contributed by atoms with Gasteiger partial charge in [-0.1, -0.05) is 6.07 Å². The Morgan fingerprint density at radius 3 is 2.59 bits per heavy atom. The molecule has 1 N–H and O–H groups in total. The Balaban J connectivity index is 1.17. The van der Waals surface area contributed by atoms with E-state index in [4.69, 9.17) is 24.4 Å². The van der Waals surface area contributed by atoms with Crippen LogP contribution in [0.4, 0.5) is 30.8 Å². The third-order valence-electron chi connectivity index (χ3n) is 11.3. The predicted octanol–water partition coefficient (Wildman–Crippen LogP) is 4.48. The Bertz CT molecular complexity index is 2640. The van der Waals surface area contributed by atoms with Crippen LogP contribution in [0.5, 0.6) is 0 Å². The number of hydrogen-bond acceptors (Lipinski definition) is 12. The molecule has 0 unspecified atom stereocenters. The SMILES string of the molecule is COCC1(C#N)CN(c2nc(N3C[C@@H]4C[C@H]3C(=O)N(C)C[C@H](OC)Cn3c(C)nc5cc(F)cc(c53)-c3cccc(n3)N4)c3cnn(-c4ccc(F)cc4F)c3n2)C1.